The third-order valence-corrected chi connectivity index (χ3v) is 4.46. The fourth-order valence-corrected chi connectivity index (χ4v) is 3.17. The molecule has 0 saturated heterocycles. The lowest BCUT2D eigenvalue weighted by atomic mass is 10.1. The van der Waals surface area contributed by atoms with E-state index in [1.807, 2.05) is 42.5 Å². The molecule has 4 aromatic rings. The van der Waals surface area contributed by atoms with Crippen LogP contribution in [0.15, 0.2) is 66.9 Å². The largest absolute Gasteiger partial charge is 0.438 e. The van der Waals surface area contributed by atoms with Crippen molar-refractivity contribution in [3.8, 4) is 23.4 Å². The molecule has 0 amide bonds. The Kier molecular flexibility index (Phi) is 4.26. The Bertz CT molecular complexity index is 1160. The van der Waals surface area contributed by atoms with Gasteiger partial charge in [0.15, 0.2) is 0 Å². The smallest absolute Gasteiger partial charge is 0.240 e. The molecule has 0 aliphatic heterocycles. The molecule has 0 radical (unpaired) electrons. The summed E-state index contributed by atoms with van der Waals surface area (Å²) >= 11 is 12.3. The molecule has 0 atom stereocenters. The zero-order valence-corrected chi connectivity index (χ0v) is 14.9. The zero-order chi connectivity index (χ0) is 18.1. The highest BCUT2D eigenvalue weighted by atomic mass is 35.5. The first kappa shape index (κ1) is 16.5. The van der Waals surface area contributed by atoms with Gasteiger partial charge in [0.1, 0.15) is 17.4 Å². The maximum atomic E-state index is 9.40. The van der Waals surface area contributed by atoms with E-state index in [1.165, 1.54) is 10.9 Å². The van der Waals surface area contributed by atoms with E-state index in [4.69, 9.17) is 27.9 Å². The highest BCUT2D eigenvalue weighted by molar-refractivity contribution is 6.35. The van der Waals surface area contributed by atoms with Crippen LogP contribution in [0.1, 0.15) is 5.56 Å². The van der Waals surface area contributed by atoms with E-state index in [0.29, 0.717) is 32.9 Å². The number of nitrogens with zero attached hydrogens (tertiary/aromatic N) is 3. The maximum Gasteiger partial charge on any atom is 0.240 e. The second-order valence-corrected chi connectivity index (χ2v) is 6.44. The number of aromatic nitrogens is 2. The molecule has 0 aliphatic carbocycles. The number of rotatable bonds is 3. The standard InChI is InChI=1S/C20H11Cl2N3O/c21-16-6-8-19(18(22)10-16)25-20(15(11-23)12-24-25)26-17-7-5-13-3-1-2-4-14(13)9-17/h1-10,12H. The zero-order valence-electron chi connectivity index (χ0n) is 13.4. The molecule has 0 spiro atoms. The Hall–Kier alpha value is -3.00. The highest BCUT2D eigenvalue weighted by Crippen LogP contribution is 2.32. The predicted molar refractivity (Wildman–Crippen MR) is 102 cm³/mol. The molecule has 1 aromatic heterocycles. The van der Waals surface area contributed by atoms with Crippen molar-refractivity contribution in [1.29, 1.82) is 5.26 Å². The van der Waals surface area contributed by atoms with Crippen molar-refractivity contribution < 1.29 is 4.74 Å². The molecule has 0 fully saturated rings. The Morgan fingerprint density at radius 3 is 2.54 bits per heavy atom. The molecule has 0 aliphatic rings. The normalized spacial score (nSPS) is 10.7. The lowest BCUT2D eigenvalue weighted by Gasteiger charge is -2.11. The van der Waals surface area contributed by atoms with Crippen LogP contribution >= 0.6 is 23.2 Å². The van der Waals surface area contributed by atoms with Crippen LogP contribution in [0.5, 0.6) is 11.6 Å². The lowest BCUT2D eigenvalue weighted by molar-refractivity contribution is 0.444. The molecule has 26 heavy (non-hydrogen) atoms. The Morgan fingerprint density at radius 2 is 1.77 bits per heavy atom. The summed E-state index contributed by atoms with van der Waals surface area (Å²) in [5.41, 5.74) is 0.887. The summed E-state index contributed by atoms with van der Waals surface area (Å²) in [4.78, 5) is 0. The average molecular weight is 380 g/mol. The van der Waals surface area contributed by atoms with Crippen molar-refractivity contribution in [3.63, 3.8) is 0 Å². The van der Waals surface area contributed by atoms with Crippen LogP contribution < -0.4 is 4.74 Å². The minimum atomic E-state index is 0.298. The molecular formula is C20H11Cl2N3O. The van der Waals surface area contributed by atoms with Gasteiger partial charge in [-0.2, -0.15) is 15.0 Å². The van der Waals surface area contributed by atoms with Gasteiger partial charge < -0.3 is 4.74 Å². The average Bonchev–Trinajstić information content (AvgIpc) is 3.04. The minimum Gasteiger partial charge on any atom is -0.438 e. The van der Waals surface area contributed by atoms with Crippen molar-refractivity contribution in [2.45, 2.75) is 0 Å². The summed E-state index contributed by atoms with van der Waals surface area (Å²) in [6.45, 7) is 0. The van der Waals surface area contributed by atoms with E-state index in [-0.39, 0.29) is 0 Å². The summed E-state index contributed by atoms with van der Waals surface area (Å²) in [5, 5.41) is 16.7. The highest BCUT2D eigenvalue weighted by Gasteiger charge is 2.17. The van der Waals surface area contributed by atoms with Gasteiger partial charge in [0.2, 0.25) is 5.88 Å². The number of nitriles is 1. The van der Waals surface area contributed by atoms with E-state index in [0.717, 1.165) is 10.8 Å². The van der Waals surface area contributed by atoms with Crippen LogP contribution in [0.25, 0.3) is 16.5 Å². The van der Waals surface area contributed by atoms with Gasteiger partial charge in [0.05, 0.1) is 16.9 Å². The van der Waals surface area contributed by atoms with Gasteiger partial charge >= 0.3 is 0 Å². The van der Waals surface area contributed by atoms with E-state index in [9.17, 15) is 5.26 Å². The summed E-state index contributed by atoms with van der Waals surface area (Å²) in [6, 6.07) is 20.8. The van der Waals surface area contributed by atoms with Gasteiger partial charge in [-0.3, -0.25) is 0 Å². The molecule has 3 aromatic carbocycles. The van der Waals surface area contributed by atoms with Crippen molar-refractivity contribution in [2.75, 3.05) is 0 Å². The SMILES string of the molecule is N#Cc1cnn(-c2ccc(Cl)cc2Cl)c1Oc1ccc2ccccc2c1. The van der Waals surface area contributed by atoms with Gasteiger partial charge in [-0.1, -0.05) is 53.5 Å². The quantitative estimate of drug-likeness (QED) is 0.438. The first-order valence-corrected chi connectivity index (χ1v) is 8.51. The van der Waals surface area contributed by atoms with Gasteiger partial charge in [-0.15, -0.1) is 0 Å². The number of benzene rings is 3. The Labute approximate surface area is 159 Å². The second-order valence-electron chi connectivity index (χ2n) is 5.59. The number of halogens is 2. The molecule has 0 bridgehead atoms. The second kappa shape index (κ2) is 6.72. The van der Waals surface area contributed by atoms with Crippen LogP contribution in [0, 0.1) is 11.3 Å². The third kappa shape index (κ3) is 2.99. The van der Waals surface area contributed by atoms with Crippen LogP contribution in [0.3, 0.4) is 0 Å². The van der Waals surface area contributed by atoms with E-state index in [2.05, 4.69) is 11.2 Å². The molecule has 0 N–H and O–H groups in total. The Morgan fingerprint density at radius 1 is 0.962 bits per heavy atom. The van der Waals surface area contributed by atoms with Gasteiger partial charge in [-0.25, -0.2) is 0 Å². The van der Waals surface area contributed by atoms with Crippen LogP contribution in [0.2, 0.25) is 10.0 Å². The monoisotopic (exact) mass is 379 g/mol. The summed E-state index contributed by atoms with van der Waals surface area (Å²) in [6.07, 6.45) is 1.45. The number of fused-ring (bicyclic) bond motifs is 1. The molecule has 126 valence electrons. The van der Waals surface area contributed by atoms with Gasteiger partial charge in [0.25, 0.3) is 0 Å². The summed E-state index contributed by atoms with van der Waals surface area (Å²) < 4.78 is 7.50. The lowest BCUT2D eigenvalue weighted by Crippen LogP contribution is -2.01. The van der Waals surface area contributed by atoms with Crippen molar-refractivity contribution in [2.24, 2.45) is 0 Å². The minimum absolute atomic E-state index is 0.298. The molecule has 0 unspecified atom stereocenters. The molecule has 1 heterocycles. The molecule has 4 nitrogen and oxygen atoms in total. The molecule has 6 heteroatoms. The maximum absolute atomic E-state index is 9.40. The first-order chi connectivity index (χ1) is 12.7. The fourth-order valence-electron chi connectivity index (χ4n) is 2.68. The third-order valence-electron chi connectivity index (χ3n) is 3.92. The fraction of sp³-hybridized carbons (Fsp3) is 0. The van der Waals surface area contributed by atoms with Crippen molar-refractivity contribution in [1.82, 2.24) is 9.78 Å². The van der Waals surface area contributed by atoms with Crippen molar-refractivity contribution in [3.05, 3.63) is 82.5 Å². The molecule has 0 saturated carbocycles. The number of hydrogen-bond acceptors (Lipinski definition) is 3. The van der Waals surface area contributed by atoms with Crippen LogP contribution in [-0.4, -0.2) is 9.78 Å². The predicted octanol–water partition coefficient (Wildman–Crippen LogP) is 6.00. The number of ether oxygens (including phenoxy) is 1. The van der Waals surface area contributed by atoms with E-state index >= 15 is 0 Å². The van der Waals surface area contributed by atoms with Gasteiger partial charge in [0, 0.05) is 5.02 Å². The van der Waals surface area contributed by atoms with E-state index < -0.39 is 0 Å². The molecular weight excluding hydrogens is 369 g/mol. The topological polar surface area (TPSA) is 50.8 Å². The first-order valence-electron chi connectivity index (χ1n) is 7.76. The van der Waals surface area contributed by atoms with Crippen molar-refractivity contribution >= 4 is 34.0 Å². The van der Waals surface area contributed by atoms with Crippen LogP contribution in [-0.2, 0) is 0 Å². The van der Waals surface area contributed by atoms with E-state index in [1.54, 1.807) is 18.2 Å². The number of hydrogen-bond donors (Lipinski definition) is 0. The Balaban J connectivity index is 1.80. The summed E-state index contributed by atoms with van der Waals surface area (Å²) in [5.74, 6) is 0.902. The van der Waals surface area contributed by atoms with Crippen LogP contribution in [0.4, 0.5) is 0 Å². The molecule has 4 rings (SSSR count). The van der Waals surface area contributed by atoms with Gasteiger partial charge in [-0.05, 0) is 41.1 Å². The summed E-state index contributed by atoms with van der Waals surface area (Å²) in [7, 11) is 0.